The number of urea groups is 1. The van der Waals surface area contributed by atoms with Gasteiger partial charge in [0, 0.05) is 25.4 Å². The molecule has 0 unspecified atom stereocenters. The van der Waals surface area contributed by atoms with E-state index in [2.05, 4.69) is 25.9 Å². The molecule has 7 nitrogen and oxygen atoms in total. The van der Waals surface area contributed by atoms with Gasteiger partial charge in [0.15, 0.2) is 0 Å². The van der Waals surface area contributed by atoms with Crippen LogP contribution in [0.1, 0.15) is 31.2 Å². The van der Waals surface area contributed by atoms with Gasteiger partial charge in [0.05, 0.1) is 11.3 Å². The Kier molecular flexibility index (Phi) is 6.40. The predicted octanol–water partition coefficient (Wildman–Crippen LogP) is 4.05. The third-order valence-electron chi connectivity index (χ3n) is 4.63. The van der Waals surface area contributed by atoms with E-state index in [1.54, 1.807) is 19.3 Å². The number of ether oxygens (including phenoxy) is 1. The summed E-state index contributed by atoms with van der Waals surface area (Å²) in [5.41, 5.74) is -1.14. The molecule has 1 aliphatic rings. The first kappa shape index (κ1) is 20.7. The first-order valence-corrected chi connectivity index (χ1v) is 9.26. The average molecular weight is 409 g/mol. The lowest BCUT2D eigenvalue weighted by atomic mass is 9.93. The molecule has 0 aliphatic heterocycles. The zero-order valence-electron chi connectivity index (χ0n) is 15.8. The van der Waals surface area contributed by atoms with Crippen LogP contribution in [-0.2, 0) is 6.18 Å². The monoisotopic (exact) mass is 409 g/mol. The molecular weight excluding hydrogens is 387 g/mol. The summed E-state index contributed by atoms with van der Waals surface area (Å²) in [4.78, 5) is 20.4. The van der Waals surface area contributed by atoms with E-state index >= 15 is 0 Å². The second-order valence-electron chi connectivity index (χ2n) is 6.70. The molecule has 10 heteroatoms. The van der Waals surface area contributed by atoms with E-state index in [4.69, 9.17) is 4.74 Å². The van der Waals surface area contributed by atoms with Gasteiger partial charge in [0.25, 0.3) is 0 Å². The summed E-state index contributed by atoms with van der Waals surface area (Å²) in [5.74, 6) is 0.941. The van der Waals surface area contributed by atoms with Crippen molar-refractivity contribution in [3.8, 4) is 5.88 Å². The predicted molar refractivity (Wildman–Crippen MR) is 102 cm³/mol. The van der Waals surface area contributed by atoms with Crippen molar-refractivity contribution in [2.24, 2.45) is 0 Å². The molecule has 3 rings (SSSR count). The molecule has 1 aliphatic carbocycles. The minimum Gasteiger partial charge on any atom is -0.474 e. The normalized spacial score (nSPS) is 19.3. The second-order valence-corrected chi connectivity index (χ2v) is 6.70. The lowest BCUT2D eigenvalue weighted by Crippen LogP contribution is -2.42. The molecule has 2 amide bonds. The zero-order chi connectivity index (χ0) is 20.9. The van der Waals surface area contributed by atoms with Crippen molar-refractivity contribution in [3.05, 3.63) is 42.1 Å². The molecule has 0 radical (unpaired) electrons. The van der Waals surface area contributed by atoms with E-state index < -0.39 is 17.8 Å². The van der Waals surface area contributed by atoms with Gasteiger partial charge >= 0.3 is 12.2 Å². The molecule has 1 fully saturated rings. The van der Waals surface area contributed by atoms with Crippen LogP contribution in [-0.4, -0.2) is 35.2 Å². The van der Waals surface area contributed by atoms with E-state index in [1.165, 1.54) is 18.2 Å². The Balaban J connectivity index is 1.49. The number of benzene rings is 1. The van der Waals surface area contributed by atoms with Crippen LogP contribution >= 0.6 is 0 Å². The van der Waals surface area contributed by atoms with Gasteiger partial charge in [-0.25, -0.2) is 9.78 Å². The molecule has 0 atom stereocenters. The summed E-state index contributed by atoms with van der Waals surface area (Å²) in [6.45, 7) is 0. The summed E-state index contributed by atoms with van der Waals surface area (Å²) >= 11 is 0. The fourth-order valence-corrected chi connectivity index (χ4v) is 3.21. The molecule has 0 spiro atoms. The van der Waals surface area contributed by atoms with Crippen LogP contribution in [0.4, 0.5) is 29.6 Å². The van der Waals surface area contributed by atoms with Crippen molar-refractivity contribution in [3.63, 3.8) is 0 Å². The fraction of sp³-hybridized carbons (Fsp3) is 0.421. The summed E-state index contributed by atoms with van der Waals surface area (Å²) in [5, 5.41) is 7.88. The SMILES string of the molecule is CNc1nccc(OC2CCC(NC(=O)Nc3ccccc3C(F)(F)F)CC2)n1. The highest BCUT2D eigenvalue weighted by Gasteiger charge is 2.33. The number of hydrogen-bond donors (Lipinski definition) is 3. The van der Waals surface area contributed by atoms with Crippen molar-refractivity contribution >= 4 is 17.7 Å². The van der Waals surface area contributed by atoms with Crippen LogP contribution in [0.5, 0.6) is 5.88 Å². The maximum Gasteiger partial charge on any atom is 0.418 e. The topological polar surface area (TPSA) is 88.2 Å². The Morgan fingerprint density at radius 3 is 2.55 bits per heavy atom. The molecule has 1 heterocycles. The van der Waals surface area contributed by atoms with Gasteiger partial charge in [-0.2, -0.15) is 18.2 Å². The first-order valence-electron chi connectivity index (χ1n) is 9.26. The minimum atomic E-state index is -4.53. The standard InChI is InChI=1S/C19H22F3N5O2/c1-23-17-24-11-10-16(27-17)29-13-8-6-12(7-9-13)25-18(28)26-15-5-3-2-4-14(15)19(20,21)22/h2-5,10-13H,6-9H2,1H3,(H,23,24,27)(H2,25,26,28). The molecule has 1 aromatic heterocycles. The van der Waals surface area contributed by atoms with E-state index in [-0.39, 0.29) is 17.8 Å². The van der Waals surface area contributed by atoms with Crippen LogP contribution in [0.25, 0.3) is 0 Å². The fourth-order valence-electron chi connectivity index (χ4n) is 3.21. The summed E-state index contributed by atoms with van der Waals surface area (Å²) < 4.78 is 44.9. The highest BCUT2D eigenvalue weighted by atomic mass is 19.4. The Morgan fingerprint density at radius 2 is 1.86 bits per heavy atom. The van der Waals surface area contributed by atoms with Crippen LogP contribution < -0.4 is 20.7 Å². The van der Waals surface area contributed by atoms with E-state index in [0.717, 1.165) is 6.07 Å². The van der Waals surface area contributed by atoms with Gasteiger partial charge in [0.2, 0.25) is 11.8 Å². The molecule has 3 N–H and O–H groups in total. The number of hydrogen-bond acceptors (Lipinski definition) is 5. The molecule has 1 saturated carbocycles. The maximum absolute atomic E-state index is 13.0. The van der Waals surface area contributed by atoms with Crippen LogP contribution in [0.2, 0.25) is 0 Å². The Morgan fingerprint density at radius 1 is 1.14 bits per heavy atom. The van der Waals surface area contributed by atoms with Crippen molar-refractivity contribution in [2.75, 3.05) is 17.7 Å². The summed E-state index contributed by atoms with van der Waals surface area (Å²) in [6.07, 6.45) is -0.267. The Labute approximate surface area is 166 Å². The smallest absolute Gasteiger partial charge is 0.418 e. The quantitative estimate of drug-likeness (QED) is 0.694. The van der Waals surface area contributed by atoms with E-state index in [0.29, 0.717) is 37.5 Å². The van der Waals surface area contributed by atoms with Crippen LogP contribution in [0.3, 0.4) is 0 Å². The molecule has 2 aromatic rings. The zero-order valence-corrected chi connectivity index (χ0v) is 15.8. The maximum atomic E-state index is 13.0. The van der Waals surface area contributed by atoms with Crippen LogP contribution in [0.15, 0.2) is 36.5 Å². The largest absolute Gasteiger partial charge is 0.474 e. The van der Waals surface area contributed by atoms with E-state index in [1.807, 2.05) is 0 Å². The van der Waals surface area contributed by atoms with Crippen molar-refractivity contribution in [2.45, 2.75) is 44.0 Å². The van der Waals surface area contributed by atoms with Crippen molar-refractivity contribution in [1.29, 1.82) is 0 Å². The lowest BCUT2D eigenvalue weighted by molar-refractivity contribution is -0.136. The van der Waals surface area contributed by atoms with Gasteiger partial charge in [0.1, 0.15) is 6.10 Å². The highest BCUT2D eigenvalue weighted by Crippen LogP contribution is 2.34. The number of rotatable bonds is 5. The average Bonchev–Trinajstić information content (AvgIpc) is 2.69. The van der Waals surface area contributed by atoms with Gasteiger partial charge in [-0.3, -0.25) is 0 Å². The summed E-state index contributed by atoms with van der Waals surface area (Å²) in [7, 11) is 1.72. The Bertz CT molecular complexity index is 839. The number of para-hydroxylation sites is 1. The number of halogens is 3. The molecular formula is C19H22F3N5O2. The number of nitrogens with zero attached hydrogens (tertiary/aromatic N) is 2. The van der Waals surface area contributed by atoms with E-state index in [9.17, 15) is 18.0 Å². The minimum absolute atomic E-state index is 0.0401. The number of aromatic nitrogens is 2. The number of carbonyl (C=O) groups is 1. The number of alkyl halides is 3. The Hall–Kier alpha value is -3.04. The van der Waals surface area contributed by atoms with Crippen molar-refractivity contribution in [1.82, 2.24) is 15.3 Å². The highest BCUT2D eigenvalue weighted by molar-refractivity contribution is 5.90. The van der Waals surface area contributed by atoms with Gasteiger partial charge < -0.3 is 20.7 Å². The first-order chi connectivity index (χ1) is 13.8. The van der Waals surface area contributed by atoms with Crippen LogP contribution in [0, 0.1) is 0 Å². The third kappa shape index (κ3) is 5.72. The summed E-state index contributed by atoms with van der Waals surface area (Å²) in [6, 6.07) is 5.78. The van der Waals surface area contributed by atoms with Crippen molar-refractivity contribution < 1.29 is 22.7 Å². The molecule has 29 heavy (non-hydrogen) atoms. The molecule has 0 saturated heterocycles. The number of nitrogens with one attached hydrogen (secondary N) is 3. The molecule has 0 bridgehead atoms. The molecule has 1 aromatic carbocycles. The number of anilines is 2. The number of carbonyl (C=O) groups excluding carboxylic acids is 1. The van der Waals surface area contributed by atoms with Gasteiger partial charge in [-0.1, -0.05) is 12.1 Å². The van der Waals surface area contributed by atoms with Gasteiger partial charge in [-0.05, 0) is 37.8 Å². The number of amides is 2. The lowest BCUT2D eigenvalue weighted by Gasteiger charge is -2.29. The molecule has 156 valence electrons. The second kappa shape index (κ2) is 8.97. The third-order valence-corrected chi connectivity index (χ3v) is 4.63. The van der Waals surface area contributed by atoms with Gasteiger partial charge in [-0.15, -0.1) is 0 Å².